The molecule has 0 bridgehead atoms. The van der Waals surface area contributed by atoms with Crippen LogP contribution in [0.4, 0.5) is 4.79 Å². The molecule has 1 N–H and O–H groups in total. The third-order valence-electron chi connectivity index (χ3n) is 4.97. The van der Waals surface area contributed by atoms with Crippen LogP contribution in [-0.2, 0) is 16.1 Å². The average molecular weight is 416 g/mol. The number of amides is 3. The molecule has 1 aromatic heterocycles. The van der Waals surface area contributed by atoms with Crippen molar-refractivity contribution < 1.29 is 23.5 Å². The number of methoxy groups -OCH3 is 1. The van der Waals surface area contributed by atoms with Crippen LogP contribution in [0.5, 0.6) is 0 Å². The summed E-state index contributed by atoms with van der Waals surface area (Å²) in [6.07, 6.45) is 1.51. The minimum Gasteiger partial charge on any atom is -0.465 e. The standard InChI is InChI=1S/C24H20N2O5/c1-15-12-17(23(28)30-2)8-10-19(15)21-11-9-18(31-21)13-20-22(27)26(24(29)25-20)14-16-6-4-3-5-7-16/h3-13H,14H2,1-2H3,(H,25,29)/b20-13+. The highest BCUT2D eigenvalue weighted by molar-refractivity contribution is 6.13. The van der Waals surface area contributed by atoms with Crippen molar-refractivity contribution in [2.45, 2.75) is 13.5 Å². The molecule has 1 aliphatic rings. The van der Waals surface area contributed by atoms with E-state index in [1.165, 1.54) is 13.2 Å². The lowest BCUT2D eigenvalue weighted by atomic mass is 10.0. The molecule has 0 aliphatic carbocycles. The van der Waals surface area contributed by atoms with Crippen LogP contribution in [0.1, 0.15) is 27.2 Å². The topological polar surface area (TPSA) is 88.9 Å². The van der Waals surface area contributed by atoms with Gasteiger partial charge in [0.25, 0.3) is 5.91 Å². The number of ether oxygens (including phenoxy) is 1. The van der Waals surface area contributed by atoms with Gasteiger partial charge in [0.2, 0.25) is 0 Å². The maximum atomic E-state index is 12.7. The van der Waals surface area contributed by atoms with Gasteiger partial charge < -0.3 is 14.5 Å². The number of rotatable bonds is 5. The number of nitrogens with one attached hydrogen (secondary N) is 1. The second kappa shape index (κ2) is 8.31. The van der Waals surface area contributed by atoms with Gasteiger partial charge in [-0.1, -0.05) is 36.4 Å². The molecule has 1 fully saturated rings. The Hall–Kier alpha value is -4.13. The van der Waals surface area contributed by atoms with Crippen LogP contribution in [0, 0.1) is 6.92 Å². The molecule has 1 saturated heterocycles. The summed E-state index contributed by atoms with van der Waals surface area (Å²) in [5.74, 6) is 0.191. The van der Waals surface area contributed by atoms with E-state index in [0.29, 0.717) is 17.1 Å². The number of hydrogen-bond donors (Lipinski definition) is 1. The lowest BCUT2D eigenvalue weighted by Gasteiger charge is -2.11. The van der Waals surface area contributed by atoms with E-state index < -0.39 is 17.9 Å². The molecular formula is C24H20N2O5. The molecule has 7 nitrogen and oxygen atoms in total. The number of urea groups is 1. The van der Waals surface area contributed by atoms with E-state index in [9.17, 15) is 14.4 Å². The van der Waals surface area contributed by atoms with Crippen molar-refractivity contribution >= 4 is 24.0 Å². The Morgan fingerprint density at radius 1 is 1.10 bits per heavy atom. The van der Waals surface area contributed by atoms with Crippen LogP contribution in [-0.4, -0.2) is 29.9 Å². The summed E-state index contributed by atoms with van der Waals surface area (Å²) >= 11 is 0. The summed E-state index contributed by atoms with van der Waals surface area (Å²) in [5.41, 5.74) is 3.12. The predicted octanol–water partition coefficient (Wildman–Crippen LogP) is 4.13. The Morgan fingerprint density at radius 3 is 2.58 bits per heavy atom. The molecule has 3 aromatic rings. The Balaban J connectivity index is 1.54. The first-order valence-electron chi connectivity index (χ1n) is 9.64. The first-order valence-corrected chi connectivity index (χ1v) is 9.64. The largest absolute Gasteiger partial charge is 0.465 e. The number of furan rings is 1. The zero-order valence-electron chi connectivity index (χ0n) is 17.0. The van der Waals surface area contributed by atoms with Crippen LogP contribution in [0.15, 0.2) is 70.8 Å². The highest BCUT2D eigenvalue weighted by Crippen LogP contribution is 2.28. The van der Waals surface area contributed by atoms with Crippen molar-refractivity contribution in [2.75, 3.05) is 7.11 Å². The molecule has 7 heteroatoms. The molecule has 4 rings (SSSR count). The summed E-state index contributed by atoms with van der Waals surface area (Å²) in [6, 6.07) is 17.5. The van der Waals surface area contributed by atoms with Crippen molar-refractivity contribution in [3.63, 3.8) is 0 Å². The van der Waals surface area contributed by atoms with Gasteiger partial charge in [-0.2, -0.15) is 0 Å². The Labute approximate surface area is 178 Å². The van der Waals surface area contributed by atoms with Gasteiger partial charge in [-0.3, -0.25) is 9.69 Å². The van der Waals surface area contributed by atoms with Crippen molar-refractivity contribution in [3.8, 4) is 11.3 Å². The molecule has 0 spiro atoms. The van der Waals surface area contributed by atoms with Gasteiger partial charge in [-0.15, -0.1) is 0 Å². The van der Waals surface area contributed by atoms with Crippen LogP contribution in [0.25, 0.3) is 17.4 Å². The van der Waals surface area contributed by atoms with E-state index in [-0.39, 0.29) is 12.2 Å². The van der Waals surface area contributed by atoms with Crippen LogP contribution in [0.2, 0.25) is 0 Å². The molecule has 0 atom stereocenters. The number of esters is 1. The summed E-state index contributed by atoms with van der Waals surface area (Å²) in [5, 5.41) is 2.60. The third-order valence-corrected chi connectivity index (χ3v) is 4.97. The Kier molecular flexibility index (Phi) is 5.41. The van der Waals surface area contributed by atoms with Crippen molar-refractivity contribution in [1.29, 1.82) is 0 Å². The number of hydrogen-bond acceptors (Lipinski definition) is 5. The summed E-state index contributed by atoms with van der Waals surface area (Å²) in [7, 11) is 1.34. The Bertz CT molecular complexity index is 1190. The minimum absolute atomic E-state index is 0.152. The van der Waals surface area contributed by atoms with Gasteiger partial charge in [0.1, 0.15) is 17.2 Å². The van der Waals surface area contributed by atoms with Gasteiger partial charge in [0, 0.05) is 11.6 Å². The molecule has 0 unspecified atom stereocenters. The first kappa shape index (κ1) is 20.2. The smallest absolute Gasteiger partial charge is 0.337 e. The van der Waals surface area contributed by atoms with Gasteiger partial charge >= 0.3 is 12.0 Å². The van der Waals surface area contributed by atoms with E-state index in [2.05, 4.69) is 5.32 Å². The fourth-order valence-corrected chi connectivity index (χ4v) is 3.38. The maximum absolute atomic E-state index is 12.7. The van der Waals surface area contributed by atoms with E-state index in [1.807, 2.05) is 37.3 Å². The predicted molar refractivity (Wildman–Crippen MR) is 114 cm³/mol. The monoisotopic (exact) mass is 416 g/mol. The number of carbonyl (C=O) groups is 3. The molecule has 2 heterocycles. The summed E-state index contributed by atoms with van der Waals surface area (Å²) in [6.45, 7) is 2.06. The number of carbonyl (C=O) groups excluding carboxylic acids is 3. The summed E-state index contributed by atoms with van der Waals surface area (Å²) < 4.78 is 10.6. The lowest BCUT2D eigenvalue weighted by molar-refractivity contribution is -0.123. The normalized spacial score (nSPS) is 14.8. The van der Waals surface area contributed by atoms with Gasteiger partial charge in [-0.25, -0.2) is 9.59 Å². The highest BCUT2D eigenvalue weighted by Gasteiger charge is 2.33. The molecule has 3 amide bonds. The SMILES string of the molecule is COC(=O)c1ccc(-c2ccc(/C=C3/NC(=O)N(Cc4ccccc4)C3=O)o2)c(C)c1. The van der Waals surface area contributed by atoms with Crippen LogP contribution in [0.3, 0.4) is 0 Å². The van der Waals surface area contributed by atoms with Crippen molar-refractivity contribution in [1.82, 2.24) is 10.2 Å². The quantitative estimate of drug-likeness (QED) is 0.384. The van der Waals surface area contributed by atoms with E-state index >= 15 is 0 Å². The molecule has 2 aromatic carbocycles. The zero-order chi connectivity index (χ0) is 22.0. The molecule has 0 saturated carbocycles. The molecular weight excluding hydrogens is 396 g/mol. The van der Waals surface area contributed by atoms with Gasteiger partial charge in [0.15, 0.2) is 0 Å². The number of benzene rings is 2. The van der Waals surface area contributed by atoms with Gasteiger partial charge in [0.05, 0.1) is 19.2 Å². The number of imide groups is 1. The lowest BCUT2D eigenvalue weighted by Crippen LogP contribution is -2.30. The summed E-state index contributed by atoms with van der Waals surface area (Å²) in [4.78, 5) is 37.8. The second-order valence-electron chi connectivity index (χ2n) is 7.09. The van der Waals surface area contributed by atoms with Gasteiger partial charge in [-0.05, 0) is 42.3 Å². The molecule has 156 valence electrons. The van der Waals surface area contributed by atoms with E-state index in [4.69, 9.17) is 9.15 Å². The van der Waals surface area contributed by atoms with Crippen molar-refractivity contribution in [3.05, 3.63) is 88.8 Å². The number of aryl methyl sites for hydroxylation is 1. The zero-order valence-corrected chi connectivity index (χ0v) is 17.0. The number of nitrogens with zero attached hydrogens (tertiary/aromatic N) is 1. The fraction of sp³-hybridized carbons (Fsp3) is 0.125. The minimum atomic E-state index is -0.471. The Morgan fingerprint density at radius 2 is 1.87 bits per heavy atom. The fourth-order valence-electron chi connectivity index (χ4n) is 3.38. The van der Waals surface area contributed by atoms with Crippen LogP contribution >= 0.6 is 0 Å². The van der Waals surface area contributed by atoms with Crippen LogP contribution < -0.4 is 5.32 Å². The molecule has 31 heavy (non-hydrogen) atoms. The highest BCUT2D eigenvalue weighted by atomic mass is 16.5. The third kappa shape index (κ3) is 4.11. The average Bonchev–Trinajstić information content (AvgIpc) is 3.34. The van der Waals surface area contributed by atoms with E-state index in [0.717, 1.165) is 21.6 Å². The molecule has 0 radical (unpaired) electrons. The second-order valence-corrected chi connectivity index (χ2v) is 7.09. The maximum Gasteiger partial charge on any atom is 0.337 e. The molecule has 1 aliphatic heterocycles. The first-order chi connectivity index (χ1) is 15.0. The van der Waals surface area contributed by atoms with Crippen molar-refractivity contribution in [2.24, 2.45) is 0 Å². The van der Waals surface area contributed by atoms with E-state index in [1.54, 1.807) is 30.3 Å².